The molecule has 4 heteroatoms. The minimum absolute atomic E-state index is 0.148. The Labute approximate surface area is 183 Å². The third kappa shape index (κ3) is 3.99. The van der Waals surface area contributed by atoms with E-state index in [-0.39, 0.29) is 4.90 Å². The van der Waals surface area contributed by atoms with Gasteiger partial charge in [-0.1, -0.05) is 91.0 Å². The van der Waals surface area contributed by atoms with Crippen molar-refractivity contribution in [1.82, 2.24) is 0 Å². The topological polar surface area (TPSA) is 43.4 Å². The zero-order valence-electron chi connectivity index (χ0n) is 16.8. The predicted octanol–water partition coefficient (Wildman–Crippen LogP) is 6.12. The van der Waals surface area contributed by atoms with Gasteiger partial charge in [0.1, 0.15) is 10.6 Å². The first-order valence-corrected chi connectivity index (χ1v) is 11.7. The third-order valence-electron chi connectivity index (χ3n) is 5.89. The molecule has 0 saturated heterocycles. The van der Waals surface area contributed by atoms with Crippen molar-refractivity contribution in [1.29, 1.82) is 0 Å². The van der Waals surface area contributed by atoms with Crippen molar-refractivity contribution in [2.45, 2.75) is 22.6 Å². The van der Waals surface area contributed by atoms with Crippen molar-refractivity contribution >= 4 is 10.1 Å². The Morgan fingerprint density at radius 3 is 1.32 bits per heavy atom. The average Bonchev–Trinajstić information content (AvgIpc) is 3.57. The molecule has 0 radical (unpaired) electrons. The van der Waals surface area contributed by atoms with Gasteiger partial charge in [0.15, 0.2) is 0 Å². The predicted molar refractivity (Wildman–Crippen MR) is 122 cm³/mol. The summed E-state index contributed by atoms with van der Waals surface area (Å²) in [6, 6.07) is 36.8. The summed E-state index contributed by atoms with van der Waals surface area (Å²) in [5.74, 6) is 1.48. The fourth-order valence-corrected chi connectivity index (χ4v) is 5.36. The van der Waals surface area contributed by atoms with E-state index in [1.807, 2.05) is 24.3 Å². The highest BCUT2D eigenvalue weighted by Crippen LogP contribution is 2.66. The van der Waals surface area contributed by atoms with E-state index in [2.05, 4.69) is 48.5 Å². The zero-order valence-corrected chi connectivity index (χ0v) is 17.7. The van der Waals surface area contributed by atoms with Crippen LogP contribution in [0.2, 0.25) is 0 Å². The maximum absolute atomic E-state index is 12.5. The summed E-state index contributed by atoms with van der Waals surface area (Å²) in [5, 5.41) is 0. The van der Waals surface area contributed by atoms with Crippen LogP contribution in [-0.4, -0.2) is 8.42 Å². The molecule has 2 atom stereocenters. The molecule has 0 N–H and O–H groups in total. The van der Waals surface area contributed by atoms with Crippen LogP contribution in [0.25, 0.3) is 0 Å². The standard InChI is InChI=1S/C27H22O3S/c28-31(29,24-14-8-3-9-15-24)30-23-18-16-22(17-19-23)27-25(20-10-4-1-5-11-20)26(27)21-12-6-2-7-13-21/h1-19,25-27H. The van der Waals surface area contributed by atoms with Gasteiger partial charge < -0.3 is 4.18 Å². The van der Waals surface area contributed by atoms with E-state index in [0.717, 1.165) is 0 Å². The molecule has 0 heterocycles. The highest BCUT2D eigenvalue weighted by Gasteiger charge is 2.52. The van der Waals surface area contributed by atoms with Crippen LogP contribution >= 0.6 is 0 Å². The quantitative estimate of drug-likeness (QED) is 0.349. The van der Waals surface area contributed by atoms with Gasteiger partial charge in [0, 0.05) is 0 Å². The summed E-state index contributed by atoms with van der Waals surface area (Å²) < 4.78 is 30.3. The second-order valence-corrected chi connectivity index (χ2v) is 9.36. The summed E-state index contributed by atoms with van der Waals surface area (Å²) in [6.07, 6.45) is 0. The molecule has 31 heavy (non-hydrogen) atoms. The van der Waals surface area contributed by atoms with Crippen LogP contribution in [-0.2, 0) is 10.1 Å². The van der Waals surface area contributed by atoms with E-state index in [1.165, 1.54) is 28.8 Å². The van der Waals surface area contributed by atoms with E-state index in [1.54, 1.807) is 30.3 Å². The summed E-state index contributed by atoms with van der Waals surface area (Å²) in [7, 11) is -3.84. The van der Waals surface area contributed by atoms with Crippen molar-refractivity contribution in [3.63, 3.8) is 0 Å². The molecule has 4 aromatic rings. The van der Waals surface area contributed by atoms with Gasteiger partial charge >= 0.3 is 10.1 Å². The monoisotopic (exact) mass is 426 g/mol. The second kappa shape index (κ2) is 8.05. The molecule has 154 valence electrons. The van der Waals surface area contributed by atoms with Gasteiger partial charge in [0.2, 0.25) is 0 Å². The zero-order chi connectivity index (χ0) is 21.3. The Balaban J connectivity index is 1.41. The fraction of sp³-hybridized carbons (Fsp3) is 0.111. The Hall–Kier alpha value is -3.37. The Morgan fingerprint density at radius 2 is 0.871 bits per heavy atom. The largest absolute Gasteiger partial charge is 0.379 e. The van der Waals surface area contributed by atoms with Gasteiger partial charge in [0.05, 0.1) is 0 Å². The molecule has 0 bridgehead atoms. The molecule has 4 aromatic carbocycles. The molecule has 3 nitrogen and oxygen atoms in total. The van der Waals surface area contributed by atoms with Crippen molar-refractivity contribution in [2.24, 2.45) is 0 Å². The van der Waals surface area contributed by atoms with Crippen molar-refractivity contribution < 1.29 is 12.6 Å². The van der Waals surface area contributed by atoms with Crippen LogP contribution in [0.1, 0.15) is 34.4 Å². The fourth-order valence-electron chi connectivity index (χ4n) is 4.41. The van der Waals surface area contributed by atoms with Crippen molar-refractivity contribution in [3.8, 4) is 5.75 Å². The average molecular weight is 427 g/mol. The minimum atomic E-state index is -3.84. The lowest BCUT2D eigenvalue weighted by Crippen LogP contribution is -2.09. The molecule has 2 unspecified atom stereocenters. The number of hydrogen-bond acceptors (Lipinski definition) is 3. The first-order chi connectivity index (χ1) is 15.1. The molecule has 0 aliphatic heterocycles. The smallest absolute Gasteiger partial charge is 0.339 e. The molecular formula is C27H22O3S. The highest BCUT2D eigenvalue weighted by molar-refractivity contribution is 7.87. The van der Waals surface area contributed by atoms with Gasteiger partial charge in [-0.15, -0.1) is 0 Å². The lowest BCUT2D eigenvalue weighted by atomic mass is 10.0. The van der Waals surface area contributed by atoms with Crippen LogP contribution in [0.5, 0.6) is 5.75 Å². The molecule has 5 rings (SSSR count). The number of hydrogen-bond donors (Lipinski definition) is 0. The van der Waals surface area contributed by atoms with Crippen molar-refractivity contribution in [3.05, 3.63) is 132 Å². The molecular weight excluding hydrogens is 404 g/mol. The Morgan fingerprint density at radius 1 is 0.484 bits per heavy atom. The summed E-state index contributed by atoms with van der Waals surface area (Å²) >= 11 is 0. The number of benzene rings is 4. The highest BCUT2D eigenvalue weighted by atomic mass is 32.2. The van der Waals surface area contributed by atoms with Gasteiger partial charge in [-0.2, -0.15) is 8.42 Å². The van der Waals surface area contributed by atoms with Gasteiger partial charge in [-0.25, -0.2) is 0 Å². The summed E-state index contributed by atoms with van der Waals surface area (Å²) in [4.78, 5) is 0.148. The van der Waals surface area contributed by atoms with E-state index in [9.17, 15) is 8.42 Å². The van der Waals surface area contributed by atoms with Crippen LogP contribution in [0.4, 0.5) is 0 Å². The normalized spacial score (nSPS) is 20.2. The molecule has 1 saturated carbocycles. The maximum atomic E-state index is 12.5. The first kappa shape index (κ1) is 19.6. The molecule has 0 spiro atoms. The molecule has 0 amide bonds. The van der Waals surface area contributed by atoms with Gasteiger partial charge in [-0.3, -0.25) is 0 Å². The molecule has 1 aliphatic rings. The minimum Gasteiger partial charge on any atom is -0.379 e. The second-order valence-electron chi connectivity index (χ2n) is 7.82. The lowest BCUT2D eigenvalue weighted by molar-refractivity contribution is 0.486. The van der Waals surface area contributed by atoms with E-state index >= 15 is 0 Å². The molecule has 1 aliphatic carbocycles. The third-order valence-corrected chi connectivity index (χ3v) is 7.15. The van der Waals surface area contributed by atoms with Crippen LogP contribution in [0, 0.1) is 0 Å². The molecule has 0 aromatic heterocycles. The lowest BCUT2D eigenvalue weighted by Gasteiger charge is -2.08. The van der Waals surface area contributed by atoms with Gasteiger partial charge in [0.25, 0.3) is 0 Å². The van der Waals surface area contributed by atoms with E-state index in [0.29, 0.717) is 23.5 Å². The maximum Gasteiger partial charge on any atom is 0.339 e. The van der Waals surface area contributed by atoms with Crippen LogP contribution in [0.15, 0.2) is 120 Å². The Bertz CT molecular complexity index is 1210. The summed E-state index contributed by atoms with van der Waals surface area (Å²) in [6.45, 7) is 0. The number of rotatable bonds is 6. The van der Waals surface area contributed by atoms with E-state index in [4.69, 9.17) is 4.18 Å². The van der Waals surface area contributed by atoms with Crippen molar-refractivity contribution in [2.75, 3.05) is 0 Å². The first-order valence-electron chi connectivity index (χ1n) is 10.3. The van der Waals surface area contributed by atoms with Crippen LogP contribution in [0.3, 0.4) is 0 Å². The summed E-state index contributed by atoms with van der Waals surface area (Å²) in [5.41, 5.74) is 3.84. The molecule has 1 fully saturated rings. The Kier molecular flexibility index (Phi) is 5.08. The SMILES string of the molecule is O=S(=O)(Oc1ccc(C2C(c3ccccc3)C2c2ccccc2)cc1)c1ccccc1. The van der Waals surface area contributed by atoms with Crippen LogP contribution < -0.4 is 4.18 Å². The van der Waals surface area contributed by atoms with E-state index < -0.39 is 10.1 Å². The van der Waals surface area contributed by atoms with Gasteiger partial charge in [-0.05, 0) is 58.7 Å².